The van der Waals surface area contributed by atoms with Gasteiger partial charge in [-0.2, -0.15) is 5.14 Å². The number of rotatable bonds is 3. The van der Waals surface area contributed by atoms with Crippen molar-refractivity contribution in [2.24, 2.45) is 5.14 Å². The Balaban J connectivity index is 2.17. The normalized spacial score (nSPS) is 16.5. The van der Waals surface area contributed by atoms with Gasteiger partial charge < -0.3 is 14.0 Å². The topological polar surface area (TPSA) is 67.5 Å². The molecule has 1 aromatic rings. The molecule has 0 aliphatic carbocycles. The summed E-state index contributed by atoms with van der Waals surface area (Å²) < 4.78 is 21.2. The molecule has 1 aromatic carbocycles. The van der Waals surface area contributed by atoms with Crippen LogP contribution in [0.1, 0.15) is 19.4 Å². The Morgan fingerprint density at radius 1 is 1.35 bits per heavy atom. The van der Waals surface area contributed by atoms with Crippen molar-refractivity contribution in [1.29, 1.82) is 0 Å². The van der Waals surface area contributed by atoms with Crippen molar-refractivity contribution in [3.8, 4) is 11.5 Å². The SMILES string of the molecule is CC(C)(C=Cc1ccc2c(c1)OCO2)[S+](N)[O-]. The van der Waals surface area contributed by atoms with E-state index >= 15 is 0 Å². The zero-order chi connectivity index (χ0) is 12.5. The molecule has 5 heteroatoms. The Bertz CT molecular complexity index is 443. The smallest absolute Gasteiger partial charge is 0.231 e. The van der Waals surface area contributed by atoms with Crippen molar-refractivity contribution in [2.75, 3.05) is 6.79 Å². The maximum atomic E-state index is 11.3. The molecule has 0 fully saturated rings. The van der Waals surface area contributed by atoms with Crippen LogP contribution in [0.4, 0.5) is 0 Å². The Labute approximate surface area is 104 Å². The van der Waals surface area contributed by atoms with Crippen LogP contribution in [0.2, 0.25) is 0 Å². The van der Waals surface area contributed by atoms with Gasteiger partial charge in [-0.05, 0) is 37.6 Å². The highest BCUT2D eigenvalue weighted by Crippen LogP contribution is 2.33. The second kappa shape index (κ2) is 4.60. The van der Waals surface area contributed by atoms with E-state index in [1.54, 1.807) is 0 Å². The first-order valence-corrected chi connectivity index (χ1v) is 6.45. The van der Waals surface area contributed by atoms with Crippen LogP contribution in [0.25, 0.3) is 6.08 Å². The van der Waals surface area contributed by atoms with E-state index in [2.05, 4.69) is 0 Å². The first kappa shape index (κ1) is 12.3. The molecule has 92 valence electrons. The highest BCUT2D eigenvalue weighted by Gasteiger charge is 2.25. The number of ether oxygens (including phenoxy) is 2. The molecule has 1 aliphatic heterocycles. The molecule has 0 aromatic heterocycles. The molecule has 0 saturated carbocycles. The molecule has 0 spiro atoms. The van der Waals surface area contributed by atoms with Crippen LogP contribution in [0.15, 0.2) is 24.3 Å². The zero-order valence-corrected chi connectivity index (χ0v) is 10.6. The van der Waals surface area contributed by atoms with Gasteiger partial charge in [0.05, 0.1) is 0 Å². The number of benzene rings is 1. The monoisotopic (exact) mass is 253 g/mol. The van der Waals surface area contributed by atoms with Crippen molar-refractivity contribution < 1.29 is 14.0 Å². The highest BCUT2D eigenvalue weighted by molar-refractivity contribution is 7.90. The van der Waals surface area contributed by atoms with Crippen molar-refractivity contribution in [3.05, 3.63) is 29.8 Å². The Morgan fingerprint density at radius 2 is 2.06 bits per heavy atom. The van der Waals surface area contributed by atoms with Crippen molar-refractivity contribution in [3.63, 3.8) is 0 Å². The average Bonchev–Trinajstić information content (AvgIpc) is 2.73. The van der Waals surface area contributed by atoms with Crippen LogP contribution in [-0.2, 0) is 11.4 Å². The van der Waals surface area contributed by atoms with Gasteiger partial charge in [0.1, 0.15) is 0 Å². The summed E-state index contributed by atoms with van der Waals surface area (Å²) in [6.45, 7) is 3.92. The number of nitrogens with two attached hydrogens (primary N) is 1. The van der Waals surface area contributed by atoms with E-state index < -0.39 is 16.1 Å². The standard InChI is InChI=1S/C12H15NO3S/c1-12(2,17(13)14)6-5-9-3-4-10-11(7-9)16-8-15-10/h3-7H,8,13H2,1-2H3. The third kappa shape index (κ3) is 2.74. The summed E-state index contributed by atoms with van der Waals surface area (Å²) in [4.78, 5) is 0. The van der Waals surface area contributed by atoms with Crippen molar-refractivity contribution in [2.45, 2.75) is 18.6 Å². The molecule has 0 amide bonds. The maximum Gasteiger partial charge on any atom is 0.231 e. The Hall–Kier alpha value is -1.17. The molecule has 2 rings (SSSR count). The van der Waals surface area contributed by atoms with Crippen LogP contribution < -0.4 is 14.6 Å². The molecule has 0 bridgehead atoms. The molecule has 2 N–H and O–H groups in total. The molecule has 1 unspecified atom stereocenters. The minimum Gasteiger partial charge on any atom is -0.598 e. The van der Waals surface area contributed by atoms with E-state index in [1.165, 1.54) is 0 Å². The fraction of sp³-hybridized carbons (Fsp3) is 0.333. The highest BCUT2D eigenvalue weighted by atomic mass is 32.2. The second-order valence-electron chi connectivity index (χ2n) is 4.35. The number of hydrogen-bond donors (Lipinski definition) is 1. The van der Waals surface area contributed by atoms with Crippen LogP contribution in [0, 0.1) is 0 Å². The molecule has 1 atom stereocenters. The minimum absolute atomic E-state index is 0.265. The van der Waals surface area contributed by atoms with Gasteiger partial charge in [0.2, 0.25) is 6.79 Å². The number of fused-ring (bicyclic) bond motifs is 1. The predicted octanol–water partition coefficient (Wildman–Crippen LogP) is 1.83. The summed E-state index contributed by atoms with van der Waals surface area (Å²) in [7, 11) is 0. The molecule has 0 radical (unpaired) electrons. The molecule has 1 heterocycles. The van der Waals surface area contributed by atoms with E-state index in [9.17, 15) is 4.55 Å². The first-order valence-electron chi connectivity index (χ1n) is 5.24. The summed E-state index contributed by atoms with van der Waals surface area (Å²) in [5, 5.41) is 5.40. The predicted molar refractivity (Wildman–Crippen MR) is 68.0 cm³/mol. The minimum atomic E-state index is -1.39. The average molecular weight is 253 g/mol. The summed E-state index contributed by atoms with van der Waals surface area (Å²) in [5.41, 5.74) is 0.966. The summed E-state index contributed by atoms with van der Waals surface area (Å²) >= 11 is -1.39. The van der Waals surface area contributed by atoms with E-state index in [4.69, 9.17) is 14.6 Å². The first-order chi connectivity index (χ1) is 7.99. The van der Waals surface area contributed by atoms with Gasteiger partial charge in [0.15, 0.2) is 16.2 Å². The fourth-order valence-corrected chi connectivity index (χ4v) is 1.58. The van der Waals surface area contributed by atoms with Crippen LogP contribution in [0.5, 0.6) is 11.5 Å². The third-order valence-electron chi connectivity index (χ3n) is 2.59. The number of hydrogen-bond acceptors (Lipinski definition) is 4. The van der Waals surface area contributed by atoms with Crippen LogP contribution >= 0.6 is 0 Å². The Morgan fingerprint density at radius 3 is 2.76 bits per heavy atom. The molecule has 0 saturated heterocycles. The van der Waals surface area contributed by atoms with Gasteiger partial charge in [0.25, 0.3) is 0 Å². The summed E-state index contributed by atoms with van der Waals surface area (Å²) in [6, 6.07) is 5.66. The molecule has 4 nitrogen and oxygen atoms in total. The van der Waals surface area contributed by atoms with Crippen molar-refractivity contribution in [1.82, 2.24) is 0 Å². The van der Waals surface area contributed by atoms with Gasteiger partial charge in [-0.25, -0.2) is 0 Å². The maximum absolute atomic E-state index is 11.3. The van der Waals surface area contributed by atoms with Crippen LogP contribution in [-0.4, -0.2) is 16.1 Å². The lowest BCUT2D eigenvalue weighted by Crippen LogP contribution is -2.35. The van der Waals surface area contributed by atoms with Crippen LogP contribution in [0.3, 0.4) is 0 Å². The van der Waals surface area contributed by atoms with Crippen molar-refractivity contribution >= 4 is 17.4 Å². The van der Waals surface area contributed by atoms with Gasteiger partial charge in [-0.3, -0.25) is 0 Å². The second-order valence-corrected chi connectivity index (χ2v) is 5.99. The fourth-order valence-electron chi connectivity index (χ4n) is 1.38. The third-order valence-corrected chi connectivity index (χ3v) is 3.77. The van der Waals surface area contributed by atoms with Gasteiger partial charge in [-0.1, -0.05) is 12.1 Å². The molecule has 17 heavy (non-hydrogen) atoms. The lowest BCUT2D eigenvalue weighted by atomic mass is 10.1. The lowest BCUT2D eigenvalue weighted by molar-refractivity contribution is 0.174. The van der Waals surface area contributed by atoms with Gasteiger partial charge in [0, 0.05) is 11.4 Å². The summed E-state index contributed by atoms with van der Waals surface area (Å²) in [5.74, 6) is 1.49. The van der Waals surface area contributed by atoms with Gasteiger partial charge >= 0.3 is 0 Å². The summed E-state index contributed by atoms with van der Waals surface area (Å²) in [6.07, 6.45) is 3.72. The molecule has 1 aliphatic rings. The van der Waals surface area contributed by atoms with E-state index in [1.807, 2.05) is 44.2 Å². The van der Waals surface area contributed by atoms with E-state index in [0.717, 1.165) is 17.1 Å². The Kier molecular flexibility index (Phi) is 3.33. The zero-order valence-electron chi connectivity index (χ0n) is 9.80. The lowest BCUT2D eigenvalue weighted by Gasteiger charge is -2.20. The van der Waals surface area contributed by atoms with Gasteiger partial charge in [-0.15, -0.1) is 0 Å². The molecular formula is C12H15NO3S. The van der Waals surface area contributed by atoms with E-state index in [-0.39, 0.29) is 6.79 Å². The van der Waals surface area contributed by atoms with E-state index in [0.29, 0.717) is 0 Å². The quantitative estimate of drug-likeness (QED) is 0.834. The largest absolute Gasteiger partial charge is 0.598 e. The molecular weight excluding hydrogens is 238 g/mol.